The van der Waals surface area contributed by atoms with Crippen LogP contribution < -0.4 is 5.73 Å². The van der Waals surface area contributed by atoms with E-state index in [4.69, 9.17) is 5.73 Å². The van der Waals surface area contributed by atoms with E-state index in [0.29, 0.717) is 5.95 Å². The number of rotatable bonds is 3. The van der Waals surface area contributed by atoms with Gasteiger partial charge in [-0.2, -0.15) is 11.3 Å². The minimum Gasteiger partial charge on any atom is -0.369 e. The first kappa shape index (κ1) is 11.7. The van der Waals surface area contributed by atoms with Crippen molar-refractivity contribution in [1.29, 1.82) is 0 Å². The van der Waals surface area contributed by atoms with E-state index in [-0.39, 0.29) is 0 Å². The Labute approximate surface area is 117 Å². The smallest absolute Gasteiger partial charge is 0.202 e. The maximum Gasteiger partial charge on any atom is 0.202 e. The van der Waals surface area contributed by atoms with Gasteiger partial charge in [0.25, 0.3) is 0 Å². The van der Waals surface area contributed by atoms with Crippen LogP contribution in [0.5, 0.6) is 0 Å². The van der Waals surface area contributed by atoms with Crippen LogP contribution in [0.1, 0.15) is 5.56 Å². The van der Waals surface area contributed by atoms with Gasteiger partial charge in [0.1, 0.15) is 5.52 Å². The molecule has 3 rings (SSSR count). The topological polar surface area (TPSA) is 56.7 Å². The number of thiophene rings is 1. The number of hydrogen-bond acceptors (Lipinski definition) is 4. The second-order valence-corrected chi connectivity index (χ2v) is 5.70. The lowest BCUT2D eigenvalue weighted by atomic mass is 10.2. The van der Waals surface area contributed by atoms with E-state index in [2.05, 4.69) is 42.7 Å². The normalized spacial score (nSPS) is 11.2. The zero-order valence-electron chi connectivity index (χ0n) is 9.51. The maximum atomic E-state index is 5.94. The molecule has 0 saturated carbocycles. The Balaban J connectivity index is 1.93. The van der Waals surface area contributed by atoms with E-state index < -0.39 is 0 Å². The van der Waals surface area contributed by atoms with Gasteiger partial charge in [0.15, 0.2) is 5.65 Å². The molecule has 3 aromatic rings. The number of nitrogens with two attached hydrogens (primary N) is 1. The molecule has 0 aliphatic rings. The van der Waals surface area contributed by atoms with E-state index in [1.807, 2.05) is 10.6 Å². The fourth-order valence-corrected chi connectivity index (χ4v) is 2.92. The quantitative estimate of drug-likeness (QED) is 0.806. The van der Waals surface area contributed by atoms with Crippen LogP contribution in [0.2, 0.25) is 0 Å². The Morgan fingerprint density at radius 1 is 1.44 bits per heavy atom. The predicted octanol–water partition coefficient (Wildman–Crippen LogP) is 3.08. The van der Waals surface area contributed by atoms with Crippen LogP contribution in [-0.2, 0) is 13.0 Å². The molecule has 92 valence electrons. The number of hydrogen-bond donors (Lipinski definition) is 1. The van der Waals surface area contributed by atoms with Crippen molar-refractivity contribution in [1.82, 2.24) is 14.5 Å². The lowest BCUT2D eigenvalue weighted by Gasteiger charge is -2.04. The van der Waals surface area contributed by atoms with Crippen molar-refractivity contribution in [3.63, 3.8) is 0 Å². The van der Waals surface area contributed by atoms with Crippen molar-refractivity contribution >= 4 is 44.4 Å². The molecule has 0 aliphatic carbocycles. The Kier molecular flexibility index (Phi) is 3.05. The second kappa shape index (κ2) is 4.70. The Bertz CT molecular complexity index is 675. The van der Waals surface area contributed by atoms with Gasteiger partial charge in [-0.1, -0.05) is 0 Å². The largest absolute Gasteiger partial charge is 0.369 e. The highest BCUT2D eigenvalue weighted by atomic mass is 79.9. The van der Waals surface area contributed by atoms with Gasteiger partial charge in [-0.25, -0.2) is 9.97 Å². The van der Waals surface area contributed by atoms with Crippen LogP contribution in [0, 0.1) is 0 Å². The Hall–Kier alpha value is -1.40. The van der Waals surface area contributed by atoms with Crippen LogP contribution in [0.4, 0.5) is 5.95 Å². The van der Waals surface area contributed by atoms with Crippen LogP contribution in [0.25, 0.3) is 11.2 Å². The molecular weight excluding hydrogens is 312 g/mol. The third kappa shape index (κ3) is 2.13. The standard InChI is InChI=1S/C12H11BrN4S/c13-9-5-10-11(15-6-9)17(12(14)16-10)3-1-8-2-4-18-7-8/h2,4-7H,1,3H2,(H2,14,16). The summed E-state index contributed by atoms with van der Waals surface area (Å²) in [5.74, 6) is 0.519. The van der Waals surface area contributed by atoms with Crippen molar-refractivity contribution in [2.24, 2.45) is 0 Å². The van der Waals surface area contributed by atoms with Crippen LogP contribution in [0.3, 0.4) is 0 Å². The summed E-state index contributed by atoms with van der Waals surface area (Å²) in [6.07, 6.45) is 2.71. The SMILES string of the molecule is Nc1nc2cc(Br)cnc2n1CCc1ccsc1. The third-order valence-electron chi connectivity index (χ3n) is 2.79. The summed E-state index contributed by atoms with van der Waals surface area (Å²) in [5, 5.41) is 4.24. The Morgan fingerprint density at radius 3 is 3.11 bits per heavy atom. The van der Waals surface area contributed by atoms with Crippen molar-refractivity contribution < 1.29 is 0 Å². The fraction of sp³-hybridized carbons (Fsp3) is 0.167. The Morgan fingerprint density at radius 2 is 2.33 bits per heavy atom. The molecule has 3 heterocycles. The molecule has 0 aliphatic heterocycles. The zero-order valence-corrected chi connectivity index (χ0v) is 11.9. The number of aryl methyl sites for hydroxylation is 2. The minimum absolute atomic E-state index is 0.519. The zero-order chi connectivity index (χ0) is 12.5. The first-order valence-corrected chi connectivity index (χ1v) is 7.26. The van der Waals surface area contributed by atoms with Crippen LogP contribution in [0.15, 0.2) is 33.6 Å². The molecule has 18 heavy (non-hydrogen) atoms. The molecule has 0 fully saturated rings. The number of anilines is 1. The van der Waals surface area contributed by atoms with Gasteiger partial charge in [-0.3, -0.25) is 4.57 Å². The average Bonchev–Trinajstić information content (AvgIpc) is 2.93. The number of aromatic nitrogens is 3. The monoisotopic (exact) mass is 322 g/mol. The van der Waals surface area contributed by atoms with Crippen LogP contribution in [-0.4, -0.2) is 14.5 Å². The summed E-state index contributed by atoms with van der Waals surface area (Å²) < 4.78 is 2.87. The highest BCUT2D eigenvalue weighted by Gasteiger charge is 2.09. The van der Waals surface area contributed by atoms with Crippen LogP contribution >= 0.6 is 27.3 Å². The molecule has 0 amide bonds. The van der Waals surface area contributed by atoms with Gasteiger partial charge in [-0.05, 0) is 50.8 Å². The first-order chi connectivity index (χ1) is 8.74. The molecule has 0 saturated heterocycles. The summed E-state index contributed by atoms with van der Waals surface area (Å²) in [4.78, 5) is 8.70. The molecule has 0 radical (unpaired) electrons. The number of fused-ring (bicyclic) bond motifs is 1. The number of nitrogens with zero attached hydrogens (tertiary/aromatic N) is 3. The van der Waals surface area contributed by atoms with Crippen molar-refractivity contribution in [2.75, 3.05) is 5.73 Å². The van der Waals surface area contributed by atoms with Gasteiger partial charge in [0, 0.05) is 17.2 Å². The minimum atomic E-state index is 0.519. The molecule has 6 heteroatoms. The molecule has 0 aromatic carbocycles. The number of imidazole rings is 1. The predicted molar refractivity (Wildman–Crippen MR) is 77.7 cm³/mol. The van der Waals surface area contributed by atoms with Gasteiger partial charge in [-0.15, -0.1) is 0 Å². The molecule has 0 spiro atoms. The van der Waals surface area contributed by atoms with Gasteiger partial charge < -0.3 is 5.73 Å². The lowest BCUT2D eigenvalue weighted by Crippen LogP contribution is -2.06. The number of pyridine rings is 1. The van der Waals surface area contributed by atoms with Gasteiger partial charge in [0.2, 0.25) is 5.95 Å². The van der Waals surface area contributed by atoms with Crippen molar-refractivity contribution in [3.05, 3.63) is 39.1 Å². The van der Waals surface area contributed by atoms with E-state index in [0.717, 1.165) is 28.6 Å². The molecule has 0 atom stereocenters. The first-order valence-electron chi connectivity index (χ1n) is 5.52. The summed E-state index contributed by atoms with van der Waals surface area (Å²) >= 11 is 5.09. The number of nitrogen functional groups attached to an aromatic ring is 1. The molecule has 4 nitrogen and oxygen atoms in total. The molecule has 0 bridgehead atoms. The van der Waals surface area contributed by atoms with Crippen molar-refractivity contribution in [3.8, 4) is 0 Å². The maximum absolute atomic E-state index is 5.94. The highest BCUT2D eigenvalue weighted by Crippen LogP contribution is 2.20. The summed E-state index contributed by atoms with van der Waals surface area (Å²) in [6, 6.07) is 4.06. The summed E-state index contributed by atoms with van der Waals surface area (Å²) in [5.41, 5.74) is 8.92. The van der Waals surface area contributed by atoms with E-state index in [1.165, 1.54) is 5.56 Å². The summed E-state index contributed by atoms with van der Waals surface area (Å²) in [6.45, 7) is 0.799. The highest BCUT2D eigenvalue weighted by molar-refractivity contribution is 9.10. The lowest BCUT2D eigenvalue weighted by molar-refractivity contribution is 0.721. The van der Waals surface area contributed by atoms with Gasteiger partial charge in [0.05, 0.1) is 0 Å². The average molecular weight is 323 g/mol. The van der Waals surface area contributed by atoms with E-state index in [1.54, 1.807) is 17.5 Å². The second-order valence-electron chi connectivity index (χ2n) is 4.00. The van der Waals surface area contributed by atoms with E-state index >= 15 is 0 Å². The van der Waals surface area contributed by atoms with Crippen molar-refractivity contribution in [2.45, 2.75) is 13.0 Å². The molecule has 3 aromatic heterocycles. The molecule has 0 unspecified atom stereocenters. The molecular formula is C12H11BrN4S. The summed E-state index contributed by atoms with van der Waals surface area (Å²) in [7, 11) is 0. The third-order valence-corrected chi connectivity index (χ3v) is 3.95. The van der Waals surface area contributed by atoms with E-state index in [9.17, 15) is 0 Å². The van der Waals surface area contributed by atoms with Gasteiger partial charge >= 0.3 is 0 Å². The number of halogens is 1. The fourth-order valence-electron chi connectivity index (χ4n) is 1.90. The molecule has 2 N–H and O–H groups in total.